The third-order valence-corrected chi connectivity index (χ3v) is 3.87. The molecule has 1 amide bonds. The Hall–Kier alpha value is -1.85. The van der Waals surface area contributed by atoms with Crippen molar-refractivity contribution in [3.63, 3.8) is 0 Å². The minimum Gasteiger partial charge on any atom is -0.464 e. The molecule has 0 aliphatic heterocycles. The van der Waals surface area contributed by atoms with Crippen LogP contribution < -0.4 is 5.32 Å². The van der Waals surface area contributed by atoms with Crippen LogP contribution >= 0.6 is 0 Å². The average Bonchev–Trinajstić information content (AvgIpc) is 2.55. The lowest BCUT2D eigenvalue weighted by Crippen LogP contribution is -2.47. The van der Waals surface area contributed by atoms with Gasteiger partial charge in [0.1, 0.15) is 12.7 Å². The van der Waals surface area contributed by atoms with Crippen molar-refractivity contribution >= 4 is 17.8 Å². The highest BCUT2D eigenvalue weighted by atomic mass is 16.6. The Morgan fingerprint density at radius 2 is 1.58 bits per heavy atom. The second kappa shape index (κ2) is 15.4. The van der Waals surface area contributed by atoms with Crippen molar-refractivity contribution in [1.82, 2.24) is 5.32 Å². The van der Waals surface area contributed by atoms with Crippen molar-refractivity contribution in [2.24, 2.45) is 0 Å². The summed E-state index contributed by atoms with van der Waals surface area (Å²) >= 11 is 0. The van der Waals surface area contributed by atoms with Gasteiger partial charge in [0.25, 0.3) is 0 Å². The normalized spacial score (nSPS) is 13.2. The lowest BCUT2D eigenvalue weighted by molar-refractivity contribution is -0.152. The van der Waals surface area contributed by atoms with Gasteiger partial charge in [-0.25, -0.2) is 0 Å². The molecule has 0 rings (SSSR count). The summed E-state index contributed by atoms with van der Waals surface area (Å²) < 4.78 is 10.3. The molecule has 0 saturated heterocycles. The van der Waals surface area contributed by atoms with Crippen molar-refractivity contribution in [3.8, 4) is 0 Å². The summed E-state index contributed by atoms with van der Waals surface area (Å²) in [5.41, 5.74) is 0. The lowest BCUT2D eigenvalue weighted by atomic mass is 10.0. The van der Waals surface area contributed by atoms with Gasteiger partial charge in [0.15, 0.2) is 0 Å². The Kier molecular flexibility index (Phi) is 14.3. The fourth-order valence-corrected chi connectivity index (χ4v) is 2.63. The first-order valence-corrected chi connectivity index (χ1v) is 9.59. The molecule has 0 saturated carbocycles. The number of amides is 1. The minimum atomic E-state index is -0.543. The van der Waals surface area contributed by atoms with Crippen molar-refractivity contribution in [3.05, 3.63) is 12.2 Å². The number of nitrogens with one attached hydrogen (secondary N) is 1. The summed E-state index contributed by atoms with van der Waals surface area (Å²) in [5, 5.41) is 2.71. The number of hydrogen-bond donors (Lipinski definition) is 1. The Bertz CT molecular complexity index is 447. The predicted octanol–water partition coefficient (Wildman–Crippen LogP) is 3.68. The van der Waals surface area contributed by atoms with Gasteiger partial charge < -0.3 is 14.8 Å². The number of esters is 2. The van der Waals surface area contributed by atoms with Gasteiger partial charge in [-0.1, -0.05) is 38.3 Å². The molecule has 0 bridgehead atoms. The summed E-state index contributed by atoms with van der Waals surface area (Å²) in [5.74, 6) is -1.11. The predicted molar refractivity (Wildman–Crippen MR) is 102 cm³/mol. The molecule has 0 spiro atoms. The third kappa shape index (κ3) is 14.5. The smallest absolute Gasteiger partial charge is 0.302 e. The van der Waals surface area contributed by atoms with Gasteiger partial charge in [-0.05, 0) is 32.1 Å². The van der Waals surface area contributed by atoms with E-state index in [1.54, 1.807) is 0 Å². The van der Waals surface area contributed by atoms with Crippen LogP contribution in [0.15, 0.2) is 12.2 Å². The SMILES string of the molecule is CCCCCC/C=C\CCC[C@@H](OC(C)=O)[C@@H](COC(C)=O)NC(C)=O. The van der Waals surface area contributed by atoms with Crippen LogP contribution in [0.1, 0.15) is 79.1 Å². The second-order valence-electron chi connectivity index (χ2n) is 6.51. The standard InChI is InChI=1S/C20H35NO5/c1-5-6-7-8-9-10-11-12-13-14-20(26-18(4)24)19(21-16(2)22)15-25-17(3)23/h10-11,19-20H,5-9,12-15H2,1-4H3,(H,21,22)/b11-10-/t19-,20-/m1/s1. The van der Waals surface area contributed by atoms with Gasteiger partial charge in [-0.2, -0.15) is 0 Å². The second-order valence-corrected chi connectivity index (χ2v) is 6.51. The van der Waals surface area contributed by atoms with E-state index in [1.165, 1.54) is 46.5 Å². The van der Waals surface area contributed by atoms with E-state index in [1.807, 2.05) is 0 Å². The summed E-state index contributed by atoms with van der Waals surface area (Å²) in [6, 6.07) is -0.543. The van der Waals surface area contributed by atoms with Crippen LogP contribution in [0.25, 0.3) is 0 Å². The van der Waals surface area contributed by atoms with Crippen molar-refractivity contribution in [1.29, 1.82) is 0 Å². The molecular formula is C20H35NO5. The molecule has 1 N–H and O–H groups in total. The molecule has 0 aliphatic rings. The first kappa shape index (κ1) is 24.1. The topological polar surface area (TPSA) is 81.7 Å². The van der Waals surface area contributed by atoms with E-state index in [-0.39, 0.29) is 12.5 Å². The number of carbonyl (C=O) groups excluding carboxylic acids is 3. The first-order chi connectivity index (χ1) is 12.4. The number of ether oxygens (including phenoxy) is 2. The molecule has 0 aromatic carbocycles. The fraction of sp³-hybridized carbons (Fsp3) is 0.750. The highest BCUT2D eigenvalue weighted by molar-refractivity contribution is 5.73. The van der Waals surface area contributed by atoms with Crippen LogP contribution in [0.4, 0.5) is 0 Å². The zero-order valence-electron chi connectivity index (χ0n) is 16.7. The van der Waals surface area contributed by atoms with Crippen LogP contribution in [-0.2, 0) is 23.9 Å². The van der Waals surface area contributed by atoms with Gasteiger partial charge in [0.2, 0.25) is 5.91 Å². The van der Waals surface area contributed by atoms with E-state index in [4.69, 9.17) is 9.47 Å². The highest BCUT2D eigenvalue weighted by Crippen LogP contribution is 2.12. The maximum Gasteiger partial charge on any atom is 0.302 e. The fourth-order valence-electron chi connectivity index (χ4n) is 2.63. The Morgan fingerprint density at radius 1 is 0.923 bits per heavy atom. The largest absolute Gasteiger partial charge is 0.464 e. The van der Waals surface area contributed by atoms with Gasteiger partial charge >= 0.3 is 11.9 Å². The van der Waals surface area contributed by atoms with Crippen LogP contribution in [-0.4, -0.2) is 36.6 Å². The number of carbonyl (C=O) groups is 3. The Labute approximate surface area is 157 Å². The molecule has 0 unspecified atom stereocenters. The number of allylic oxidation sites excluding steroid dienone is 2. The van der Waals surface area contributed by atoms with Crippen LogP contribution in [0, 0.1) is 0 Å². The van der Waals surface area contributed by atoms with E-state index in [9.17, 15) is 14.4 Å². The molecule has 150 valence electrons. The van der Waals surface area contributed by atoms with Gasteiger partial charge in [-0.3, -0.25) is 14.4 Å². The van der Waals surface area contributed by atoms with E-state index in [0.29, 0.717) is 6.42 Å². The molecule has 0 heterocycles. The van der Waals surface area contributed by atoms with Crippen molar-refractivity contribution < 1.29 is 23.9 Å². The molecule has 0 aromatic heterocycles. The summed E-state index contributed by atoms with van der Waals surface area (Å²) in [6.45, 7) is 6.20. The molecule has 0 aliphatic carbocycles. The maximum atomic E-state index is 11.4. The van der Waals surface area contributed by atoms with Crippen LogP contribution in [0.3, 0.4) is 0 Å². The number of hydrogen-bond acceptors (Lipinski definition) is 5. The summed E-state index contributed by atoms with van der Waals surface area (Å²) in [4.78, 5) is 33.8. The monoisotopic (exact) mass is 369 g/mol. The average molecular weight is 370 g/mol. The molecule has 0 fully saturated rings. The van der Waals surface area contributed by atoms with Crippen LogP contribution in [0.5, 0.6) is 0 Å². The number of rotatable bonds is 14. The molecule has 6 nitrogen and oxygen atoms in total. The molecule has 0 aromatic rings. The van der Waals surface area contributed by atoms with E-state index in [0.717, 1.165) is 19.3 Å². The summed E-state index contributed by atoms with van der Waals surface area (Å²) in [7, 11) is 0. The third-order valence-electron chi connectivity index (χ3n) is 3.87. The Morgan fingerprint density at radius 3 is 2.12 bits per heavy atom. The molecule has 6 heteroatoms. The molecule has 2 atom stereocenters. The zero-order valence-corrected chi connectivity index (χ0v) is 16.7. The van der Waals surface area contributed by atoms with Crippen molar-refractivity contribution in [2.45, 2.75) is 91.2 Å². The van der Waals surface area contributed by atoms with E-state index < -0.39 is 24.1 Å². The molecular weight excluding hydrogens is 334 g/mol. The van der Waals surface area contributed by atoms with Gasteiger partial charge in [0, 0.05) is 20.8 Å². The first-order valence-electron chi connectivity index (χ1n) is 9.59. The Balaban J connectivity index is 4.45. The summed E-state index contributed by atoms with van der Waals surface area (Å²) in [6.07, 6.45) is 12.2. The minimum absolute atomic E-state index is 0.0138. The molecule has 0 radical (unpaired) electrons. The van der Waals surface area contributed by atoms with Gasteiger partial charge in [-0.15, -0.1) is 0 Å². The zero-order chi connectivity index (χ0) is 19.8. The number of unbranched alkanes of at least 4 members (excludes halogenated alkanes) is 5. The highest BCUT2D eigenvalue weighted by Gasteiger charge is 2.26. The lowest BCUT2D eigenvalue weighted by Gasteiger charge is -2.26. The van der Waals surface area contributed by atoms with E-state index in [2.05, 4.69) is 24.4 Å². The van der Waals surface area contributed by atoms with Crippen LogP contribution in [0.2, 0.25) is 0 Å². The molecule has 26 heavy (non-hydrogen) atoms. The van der Waals surface area contributed by atoms with E-state index >= 15 is 0 Å². The quantitative estimate of drug-likeness (QED) is 0.287. The van der Waals surface area contributed by atoms with Crippen molar-refractivity contribution in [2.75, 3.05) is 6.61 Å². The maximum absolute atomic E-state index is 11.4. The van der Waals surface area contributed by atoms with Gasteiger partial charge in [0.05, 0.1) is 6.04 Å².